The highest BCUT2D eigenvalue weighted by Crippen LogP contribution is 2.27. The fraction of sp³-hybridized carbons (Fsp3) is 0.562. The van der Waals surface area contributed by atoms with Crippen LogP contribution < -0.4 is 5.73 Å². The second-order valence-corrected chi connectivity index (χ2v) is 5.76. The van der Waals surface area contributed by atoms with E-state index in [0.29, 0.717) is 12.0 Å². The lowest BCUT2D eigenvalue weighted by atomic mass is 9.86. The molecule has 1 aromatic carbocycles. The minimum atomic E-state index is -0.538. The van der Waals surface area contributed by atoms with E-state index in [2.05, 4.69) is 6.92 Å². The van der Waals surface area contributed by atoms with Gasteiger partial charge < -0.3 is 10.6 Å². The van der Waals surface area contributed by atoms with Crippen LogP contribution in [0, 0.1) is 5.92 Å². The fourth-order valence-corrected chi connectivity index (χ4v) is 2.96. The molecule has 1 aromatic rings. The Labute approximate surface area is 115 Å². The summed E-state index contributed by atoms with van der Waals surface area (Å²) in [7, 11) is 1.90. The summed E-state index contributed by atoms with van der Waals surface area (Å²) in [6.07, 6.45) is 4.70. The first kappa shape index (κ1) is 14.1. The van der Waals surface area contributed by atoms with Gasteiger partial charge in [0.05, 0.1) is 0 Å². The molecule has 0 heterocycles. The highest BCUT2D eigenvalue weighted by atomic mass is 16.2. The van der Waals surface area contributed by atoms with E-state index >= 15 is 0 Å². The zero-order chi connectivity index (χ0) is 13.8. The highest BCUT2D eigenvalue weighted by molar-refractivity contribution is 5.83. The lowest BCUT2D eigenvalue weighted by Crippen LogP contribution is -2.44. The Hall–Kier alpha value is -1.35. The number of carbonyl (C=O) groups is 1. The van der Waals surface area contributed by atoms with Crippen molar-refractivity contribution in [3.05, 3.63) is 35.9 Å². The minimum Gasteiger partial charge on any atom is -0.341 e. The Morgan fingerprint density at radius 3 is 2.63 bits per heavy atom. The van der Waals surface area contributed by atoms with Crippen molar-refractivity contribution in [1.82, 2.24) is 4.90 Å². The standard InChI is InChI=1S/C16H24N2O/c1-12-7-6-10-14(11-12)18(2)16(19)15(17)13-8-4-3-5-9-13/h3-5,8-9,12,14-15H,6-7,10-11,17H2,1-2H3/t12?,14?,15-/m0/s1. The van der Waals surface area contributed by atoms with E-state index in [1.807, 2.05) is 42.3 Å². The summed E-state index contributed by atoms with van der Waals surface area (Å²) in [5, 5.41) is 0. The average Bonchev–Trinajstić information content (AvgIpc) is 2.46. The molecular formula is C16H24N2O. The van der Waals surface area contributed by atoms with Crippen molar-refractivity contribution in [2.45, 2.75) is 44.7 Å². The maximum atomic E-state index is 12.5. The van der Waals surface area contributed by atoms with Crippen LogP contribution in [-0.2, 0) is 4.79 Å². The van der Waals surface area contributed by atoms with Crippen molar-refractivity contribution in [3.63, 3.8) is 0 Å². The largest absolute Gasteiger partial charge is 0.341 e. The van der Waals surface area contributed by atoms with Gasteiger partial charge in [0.1, 0.15) is 6.04 Å². The molecule has 3 atom stereocenters. The lowest BCUT2D eigenvalue weighted by Gasteiger charge is -2.35. The third-order valence-corrected chi connectivity index (χ3v) is 4.23. The van der Waals surface area contributed by atoms with E-state index in [0.717, 1.165) is 18.4 Å². The van der Waals surface area contributed by atoms with Crippen LogP contribution in [-0.4, -0.2) is 23.9 Å². The maximum Gasteiger partial charge on any atom is 0.244 e. The lowest BCUT2D eigenvalue weighted by molar-refractivity contribution is -0.134. The molecule has 0 spiro atoms. The first-order chi connectivity index (χ1) is 9.09. The SMILES string of the molecule is CC1CCCC(N(C)C(=O)[C@@H](N)c2ccccc2)C1. The summed E-state index contributed by atoms with van der Waals surface area (Å²) in [4.78, 5) is 14.3. The fourth-order valence-electron chi connectivity index (χ4n) is 2.96. The second-order valence-electron chi connectivity index (χ2n) is 5.76. The third kappa shape index (κ3) is 3.35. The van der Waals surface area contributed by atoms with E-state index in [4.69, 9.17) is 5.73 Å². The van der Waals surface area contributed by atoms with Crippen molar-refractivity contribution in [2.75, 3.05) is 7.05 Å². The van der Waals surface area contributed by atoms with Gasteiger partial charge in [-0.25, -0.2) is 0 Å². The summed E-state index contributed by atoms with van der Waals surface area (Å²) in [6.45, 7) is 2.27. The van der Waals surface area contributed by atoms with E-state index in [9.17, 15) is 4.79 Å². The van der Waals surface area contributed by atoms with Gasteiger partial charge in [-0.2, -0.15) is 0 Å². The van der Waals surface area contributed by atoms with Gasteiger partial charge in [-0.15, -0.1) is 0 Å². The minimum absolute atomic E-state index is 0.0327. The number of carbonyl (C=O) groups excluding carboxylic acids is 1. The Bertz CT molecular complexity index is 418. The molecule has 3 heteroatoms. The van der Waals surface area contributed by atoms with Gasteiger partial charge in [0.25, 0.3) is 0 Å². The van der Waals surface area contributed by atoms with Gasteiger partial charge in [-0.1, -0.05) is 50.1 Å². The van der Waals surface area contributed by atoms with Gasteiger partial charge in [0, 0.05) is 13.1 Å². The van der Waals surface area contributed by atoms with Gasteiger partial charge >= 0.3 is 0 Å². The Morgan fingerprint density at radius 1 is 1.32 bits per heavy atom. The normalized spacial score (nSPS) is 24.8. The quantitative estimate of drug-likeness (QED) is 0.908. The van der Waals surface area contributed by atoms with E-state index in [-0.39, 0.29) is 5.91 Å². The predicted molar refractivity (Wildman–Crippen MR) is 77.6 cm³/mol. The molecule has 0 bridgehead atoms. The molecule has 0 saturated heterocycles. The number of nitrogens with zero attached hydrogens (tertiary/aromatic N) is 1. The van der Waals surface area contributed by atoms with Gasteiger partial charge in [0.15, 0.2) is 0 Å². The van der Waals surface area contributed by atoms with Gasteiger partial charge in [-0.3, -0.25) is 4.79 Å². The van der Waals surface area contributed by atoms with Gasteiger partial charge in [0.2, 0.25) is 5.91 Å². The number of hydrogen-bond acceptors (Lipinski definition) is 2. The molecule has 2 N–H and O–H groups in total. The maximum absolute atomic E-state index is 12.5. The van der Waals surface area contributed by atoms with Crippen LogP contribution in [0.1, 0.15) is 44.2 Å². The molecule has 1 amide bonds. The summed E-state index contributed by atoms with van der Waals surface area (Å²) >= 11 is 0. The molecule has 104 valence electrons. The second kappa shape index (κ2) is 6.20. The molecule has 1 aliphatic rings. The molecule has 2 unspecified atom stereocenters. The molecule has 1 aliphatic carbocycles. The van der Waals surface area contributed by atoms with Crippen LogP contribution in [0.25, 0.3) is 0 Å². The molecule has 2 rings (SSSR count). The summed E-state index contributed by atoms with van der Waals surface area (Å²) in [6, 6.07) is 9.43. The summed E-state index contributed by atoms with van der Waals surface area (Å²) in [5.41, 5.74) is 6.98. The molecular weight excluding hydrogens is 236 g/mol. The number of benzene rings is 1. The zero-order valence-corrected chi connectivity index (χ0v) is 11.9. The van der Waals surface area contributed by atoms with Crippen molar-refractivity contribution in [1.29, 1.82) is 0 Å². The predicted octanol–water partition coefficient (Wildman–Crippen LogP) is 2.72. The number of amides is 1. The number of nitrogens with two attached hydrogens (primary N) is 1. The van der Waals surface area contributed by atoms with Crippen LogP contribution in [0.3, 0.4) is 0 Å². The smallest absolute Gasteiger partial charge is 0.244 e. The van der Waals surface area contributed by atoms with Crippen molar-refractivity contribution in [3.8, 4) is 0 Å². The molecule has 0 aromatic heterocycles. The van der Waals surface area contributed by atoms with Crippen LogP contribution in [0.2, 0.25) is 0 Å². The van der Waals surface area contributed by atoms with Crippen molar-refractivity contribution >= 4 is 5.91 Å². The molecule has 1 fully saturated rings. The van der Waals surface area contributed by atoms with E-state index < -0.39 is 6.04 Å². The zero-order valence-electron chi connectivity index (χ0n) is 11.9. The number of likely N-dealkylation sites (N-methyl/N-ethyl adjacent to an activating group) is 1. The van der Waals surface area contributed by atoms with Crippen LogP contribution in [0.5, 0.6) is 0 Å². The van der Waals surface area contributed by atoms with Crippen LogP contribution in [0.15, 0.2) is 30.3 Å². The van der Waals surface area contributed by atoms with E-state index in [1.54, 1.807) is 0 Å². The summed E-state index contributed by atoms with van der Waals surface area (Å²) in [5.74, 6) is 0.743. The molecule has 0 radical (unpaired) electrons. The van der Waals surface area contributed by atoms with E-state index in [1.165, 1.54) is 12.8 Å². The molecule has 3 nitrogen and oxygen atoms in total. The van der Waals surface area contributed by atoms with Crippen molar-refractivity contribution < 1.29 is 4.79 Å². The van der Waals surface area contributed by atoms with Gasteiger partial charge in [-0.05, 0) is 24.3 Å². The molecule has 0 aliphatic heterocycles. The van der Waals surface area contributed by atoms with Crippen molar-refractivity contribution in [2.24, 2.45) is 11.7 Å². The monoisotopic (exact) mass is 260 g/mol. The first-order valence-electron chi connectivity index (χ1n) is 7.16. The number of rotatable bonds is 3. The number of hydrogen-bond donors (Lipinski definition) is 1. The summed E-state index contributed by atoms with van der Waals surface area (Å²) < 4.78 is 0. The molecule has 1 saturated carbocycles. The van der Waals surface area contributed by atoms with Crippen LogP contribution in [0.4, 0.5) is 0 Å². The Kier molecular flexibility index (Phi) is 4.59. The highest BCUT2D eigenvalue weighted by Gasteiger charge is 2.28. The Morgan fingerprint density at radius 2 is 2.00 bits per heavy atom. The average molecular weight is 260 g/mol. The molecule has 19 heavy (non-hydrogen) atoms. The Balaban J connectivity index is 2.02. The third-order valence-electron chi connectivity index (χ3n) is 4.23. The van der Waals surface area contributed by atoms with Crippen LogP contribution >= 0.6 is 0 Å². The topological polar surface area (TPSA) is 46.3 Å². The first-order valence-corrected chi connectivity index (χ1v) is 7.16.